The maximum Gasteiger partial charge on any atom is 0.306 e. The molecule has 104 valence electrons. The summed E-state index contributed by atoms with van der Waals surface area (Å²) in [4.78, 5) is 23.2. The van der Waals surface area contributed by atoms with Gasteiger partial charge in [-0.1, -0.05) is 0 Å². The van der Waals surface area contributed by atoms with Gasteiger partial charge >= 0.3 is 11.9 Å². The SMILES string of the molecule is O=C(O)CCC(=O)OCCN1CCS(=O)(=O)CC1. The van der Waals surface area contributed by atoms with Gasteiger partial charge in [-0.3, -0.25) is 14.5 Å². The lowest BCUT2D eigenvalue weighted by molar-refractivity contribution is -0.148. The van der Waals surface area contributed by atoms with E-state index in [2.05, 4.69) is 0 Å². The molecule has 1 N–H and O–H groups in total. The smallest absolute Gasteiger partial charge is 0.306 e. The van der Waals surface area contributed by atoms with E-state index in [1.54, 1.807) is 0 Å². The Hall–Kier alpha value is -1.15. The number of esters is 1. The molecule has 0 bridgehead atoms. The number of hydrogen-bond acceptors (Lipinski definition) is 6. The van der Waals surface area contributed by atoms with Crippen LogP contribution in [0.5, 0.6) is 0 Å². The van der Waals surface area contributed by atoms with E-state index in [1.807, 2.05) is 4.90 Å². The Morgan fingerprint density at radius 1 is 1.17 bits per heavy atom. The van der Waals surface area contributed by atoms with Gasteiger partial charge in [-0.2, -0.15) is 0 Å². The third kappa shape index (κ3) is 5.97. The van der Waals surface area contributed by atoms with Crippen molar-refractivity contribution in [3.63, 3.8) is 0 Å². The summed E-state index contributed by atoms with van der Waals surface area (Å²) < 4.78 is 27.2. The number of carbonyl (C=O) groups is 2. The van der Waals surface area contributed by atoms with Gasteiger partial charge in [-0.05, 0) is 0 Å². The first-order valence-corrected chi connectivity index (χ1v) is 7.51. The van der Waals surface area contributed by atoms with Gasteiger partial charge < -0.3 is 9.84 Å². The Kier molecular flexibility index (Phi) is 5.54. The Balaban J connectivity index is 2.11. The van der Waals surface area contributed by atoms with Crippen molar-refractivity contribution in [3.8, 4) is 0 Å². The molecule has 8 heteroatoms. The number of rotatable bonds is 6. The predicted molar refractivity (Wildman–Crippen MR) is 62.9 cm³/mol. The predicted octanol–water partition coefficient (Wildman–Crippen LogP) is -0.875. The summed E-state index contributed by atoms with van der Waals surface area (Å²) in [5.41, 5.74) is 0. The zero-order valence-electron chi connectivity index (χ0n) is 10.0. The molecular formula is C10H17NO6S. The molecule has 0 unspecified atom stereocenters. The second-order valence-electron chi connectivity index (χ2n) is 4.11. The van der Waals surface area contributed by atoms with Crippen molar-refractivity contribution in [3.05, 3.63) is 0 Å². The molecule has 0 amide bonds. The second-order valence-corrected chi connectivity index (χ2v) is 6.41. The van der Waals surface area contributed by atoms with Crippen molar-refractivity contribution in [1.82, 2.24) is 4.90 Å². The molecule has 0 radical (unpaired) electrons. The number of carboxylic acids is 1. The van der Waals surface area contributed by atoms with Crippen LogP contribution in [0, 0.1) is 0 Å². The minimum atomic E-state index is -2.89. The molecule has 0 saturated carbocycles. The largest absolute Gasteiger partial charge is 0.481 e. The molecule has 18 heavy (non-hydrogen) atoms. The number of aliphatic carboxylic acids is 1. The van der Waals surface area contributed by atoms with E-state index in [-0.39, 0.29) is 31.0 Å². The number of hydrogen-bond donors (Lipinski definition) is 1. The first-order valence-electron chi connectivity index (χ1n) is 5.69. The lowest BCUT2D eigenvalue weighted by Crippen LogP contribution is -2.41. The molecule has 0 aromatic carbocycles. The molecule has 0 aromatic rings. The molecule has 1 rings (SSSR count). The molecule has 7 nitrogen and oxygen atoms in total. The fourth-order valence-corrected chi connectivity index (χ4v) is 2.82. The van der Waals surface area contributed by atoms with E-state index >= 15 is 0 Å². The van der Waals surface area contributed by atoms with Gasteiger partial charge in [0, 0.05) is 19.6 Å². The molecule has 0 aliphatic carbocycles. The Morgan fingerprint density at radius 3 is 2.33 bits per heavy atom. The van der Waals surface area contributed by atoms with Crippen LogP contribution in [0.2, 0.25) is 0 Å². The Bertz CT molecular complexity index is 391. The van der Waals surface area contributed by atoms with Crippen LogP contribution in [-0.4, -0.2) is 68.1 Å². The summed E-state index contributed by atoms with van der Waals surface area (Å²) in [7, 11) is -2.89. The van der Waals surface area contributed by atoms with Crippen LogP contribution in [0.25, 0.3) is 0 Å². The quantitative estimate of drug-likeness (QED) is 0.630. The van der Waals surface area contributed by atoms with Crippen molar-refractivity contribution in [2.75, 3.05) is 37.7 Å². The summed E-state index contributed by atoms with van der Waals surface area (Å²) in [6.07, 6.45) is -0.371. The van der Waals surface area contributed by atoms with Crippen LogP contribution >= 0.6 is 0 Å². The fraction of sp³-hybridized carbons (Fsp3) is 0.800. The van der Waals surface area contributed by atoms with Crippen molar-refractivity contribution in [1.29, 1.82) is 0 Å². The molecule has 1 heterocycles. The van der Waals surface area contributed by atoms with Crippen LogP contribution < -0.4 is 0 Å². The highest BCUT2D eigenvalue weighted by molar-refractivity contribution is 7.91. The average molecular weight is 279 g/mol. The average Bonchev–Trinajstić information content (AvgIpc) is 2.29. The van der Waals surface area contributed by atoms with Gasteiger partial charge in [0.2, 0.25) is 0 Å². The number of nitrogens with zero attached hydrogens (tertiary/aromatic N) is 1. The van der Waals surface area contributed by atoms with Crippen LogP contribution in [0.15, 0.2) is 0 Å². The zero-order valence-corrected chi connectivity index (χ0v) is 10.8. The topological polar surface area (TPSA) is 101 Å². The van der Waals surface area contributed by atoms with E-state index < -0.39 is 21.8 Å². The van der Waals surface area contributed by atoms with E-state index in [0.29, 0.717) is 19.6 Å². The number of sulfone groups is 1. The monoisotopic (exact) mass is 279 g/mol. The normalized spacial score (nSPS) is 19.3. The van der Waals surface area contributed by atoms with Gasteiger partial charge in [-0.25, -0.2) is 8.42 Å². The van der Waals surface area contributed by atoms with Crippen LogP contribution in [-0.2, 0) is 24.2 Å². The van der Waals surface area contributed by atoms with Gasteiger partial charge in [-0.15, -0.1) is 0 Å². The molecule has 1 fully saturated rings. The Morgan fingerprint density at radius 2 is 1.78 bits per heavy atom. The highest BCUT2D eigenvalue weighted by Crippen LogP contribution is 2.03. The highest BCUT2D eigenvalue weighted by Gasteiger charge is 2.21. The summed E-state index contributed by atoms with van der Waals surface area (Å²) in [5.74, 6) is -1.30. The molecule has 1 aliphatic rings. The minimum absolute atomic E-state index is 0.135. The zero-order chi connectivity index (χ0) is 13.6. The van der Waals surface area contributed by atoms with Crippen LogP contribution in [0.4, 0.5) is 0 Å². The molecule has 1 saturated heterocycles. The molecule has 1 aliphatic heterocycles. The molecule has 0 aromatic heterocycles. The van der Waals surface area contributed by atoms with Gasteiger partial charge in [0.25, 0.3) is 0 Å². The maximum atomic E-state index is 11.2. The molecule has 0 spiro atoms. The van der Waals surface area contributed by atoms with Crippen molar-refractivity contribution in [2.45, 2.75) is 12.8 Å². The molecule has 0 atom stereocenters. The third-order valence-electron chi connectivity index (χ3n) is 2.65. The first kappa shape index (κ1) is 14.9. The third-order valence-corrected chi connectivity index (χ3v) is 4.26. The van der Waals surface area contributed by atoms with Gasteiger partial charge in [0.1, 0.15) is 6.61 Å². The van der Waals surface area contributed by atoms with Crippen molar-refractivity contribution >= 4 is 21.8 Å². The van der Waals surface area contributed by atoms with Crippen LogP contribution in [0.1, 0.15) is 12.8 Å². The number of carbonyl (C=O) groups excluding carboxylic acids is 1. The van der Waals surface area contributed by atoms with Gasteiger partial charge in [0.05, 0.1) is 24.3 Å². The van der Waals surface area contributed by atoms with Crippen molar-refractivity contribution < 1.29 is 27.9 Å². The summed E-state index contributed by atoms with van der Waals surface area (Å²) >= 11 is 0. The second kappa shape index (κ2) is 6.69. The Labute approximate surface area is 106 Å². The molecular weight excluding hydrogens is 262 g/mol. The number of carboxylic acid groups (broad SMARTS) is 1. The van der Waals surface area contributed by atoms with E-state index in [0.717, 1.165) is 0 Å². The standard InChI is InChI=1S/C10H17NO6S/c12-9(13)1-2-10(14)17-6-3-11-4-7-18(15,16)8-5-11/h1-8H2,(H,12,13). The summed E-state index contributed by atoms with van der Waals surface area (Å²) in [5, 5.41) is 8.37. The van der Waals surface area contributed by atoms with Gasteiger partial charge in [0.15, 0.2) is 9.84 Å². The summed E-state index contributed by atoms with van der Waals surface area (Å²) in [6, 6.07) is 0. The van der Waals surface area contributed by atoms with Crippen molar-refractivity contribution in [2.24, 2.45) is 0 Å². The van der Waals surface area contributed by atoms with Crippen LogP contribution in [0.3, 0.4) is 0 Å². The maximum absolute atomic E-state index is 11.2. The lowest BCUT2D eigenvalue weighted by Gasteiger charge is -2.25. The first-order chi connectivity index (χ1) is 8.39. The van der Waals surface area contributed by atoms with E-state index in [9.17, 15) is 18.0 Å². The van der Waals surface area contributed by atoms with E-state index in [1.165, 1.54) is 0 Å². The number of ether oxygens (including phenoxy) is 1. The summed E-state index contributed by atoms with van der Waals surface area (Å²) in [6.45, 7) is 1.55. The highest BCUT2D eigenvalue weighted by atomic mass is 32.2. The fourth-order valence-electron chi connectivity index (χ4n) is 1.54. The lowest BCUT2D eigenvalue weighted by atomic mass is 10.3. The van der Waals surface area contributed by atoms with E-state index in [4.69, 9.17) is 9.84 Å². The minimum Gasteiger partial charge on any atom is -0.481 e.